The Morgan fingerprint density at radius 3 is 2.56 bits per heavy atom. The third kappa shape index (κ3) is 2.28. The van der Waals surface area contributed by atoms with Gasteiger partial charge in [-0.2, -0.15) is 0 Å². The highest BCUT2D eigenvalue weighted by molar-refractivity contribution is 5.54. The minimum Gasteiger partial charge on any atom is -0.394 e. The first-order valence-electron chi connectivity index (χ1n) is 4.67. The van der Waals surface area contributed by atoms with Crippen molar-refractivity contribution in [2.75, 3.05) is 18.5 Å². The van der Waals surface area contributed by atoms with Gasteiger partial charge in [0.1, 0.15) is 0 Å². The Labute approximate surface area is 91.7 Å². The molecule has 0 radical (unpaired) electrons. The second-order valence-electron chi connectivity index (χ2n) is 3.35. The van der Waals surface area contributed by atoms with Crippen LogP contribution in [-0.4, -0.2) is 43.9 Å². The molecule has 0 saturated carbocycles. The standard InChI is InChI=1S/C8H14N4O4/c1-5-9-8(12(15)16)7(11(5)2)10-6(3-13)4-14/h6,10,13-14H,3-4H2,1-2H3. The minimum absolute atomic E-state index is 0.176. The number of nitro groups is 1. The summed E-state index contributed by atoms with van der Waals surface area (Å²) in [5.74, 6) is 0.339. The number of hydrogen-bond donors (Lipinski definition) is 3. The highest BCUT2D eigenvalue weighted by Crippen LogP contribution is 2.24. The minimum atomic E-state index is -0.645. The fourth-order valence-electron chi connectivity index (χ4n) is 1.22. The number of rotatable bonds is 5. The number of aliphatic hydroxyl groups is 2. The fourth-order valence-corrected chi connectivity index (χ4v) is 1.22. The summed E-state index contributed by atoms with van der Waals surface area (Å²) in [5, 5.41) is 31.2. The van der Waals surface area contributed by atoms with Crippen LogP contribution < -0.4 is 5.32 Å². The predicted octanol–water partition coefficient (Wildman–Crippen LogP) is -0.598. The molecule has 8 nitrogen and oxygen atoms in total. The molecule has 0 spiro atoms. The summed E-state index contributed by atoms with van der Waals surface area (Å²) in [6.07, 6.45) is 0. The zero-order valence-corrected chi connectivity index (χ0v) is 9.04. The number of nitrogens with zero attached hydrogens (tertiary/aromatic N) is 3. The number of hydrogen-bond acceptors (Lipinski definition) is 6. The summed E-state index contributed by atoms with van der Waals surface area (Å²) < 4.78 is 1.50. The van der Waals surface area contributed by atoms with E-state index in [1.54, 1.807) is 14.0 Å². The summed E-state index contributed by atoms with van der Waals surface area (Å²) in [6, 6.07) is -0.645. The second-order valence-corrected chi connectivity index (χ2v) is 3.35. The first-order chi connectivity index (χ1) is 7.51. The van der Waals surface area contributed by atoms with E-state index in [4.69, 9.17) is 10.2 Å². The maximum atomic E-state index is 10.7. The molecule has 16 heavy (non-hydrogen) atoms. The molecule has 1 rings (SSSR count). The van der Waals surface area contributed by atoms with Crippen molar-refractivity contribution < 1.29 is 15.1 Å². The molecular weight excluding hydrogens is 216 g/mol. The molecule has 0 aliphatic rings. The van der Waals surface area contributed by atoms with Gasteiger partial charge in [0, 0.05) is 14.0 Å². The van der Waals surface area contributed by atoms with Crippen LogP contribution in [0.1, 0.15) is 5.82 Å². The van der Waals surface area contributed by atoms with Gasteiger partial charge >= 0.3 is 5.82 Å². The quantitative estimate of drug-likeness (QED) is 0.460. The predicted molar refractivity (Wildman–Crippen MR) is 56.2 cm³/mol. The molecule has 0 amide bonds. The summed E-state index contributed by atoms with van der Waals surface area (Å²) in [5.41, 5.74) is 0. The molecule has 0 aliphatic carbocycles. The first kappa shape index (κ1) is 12.4. The normalized spacial score (nSPS) is 10.8. The van der Waals surface area contributed by atoms with Gasteiger partial charge in [0.15, 0.2) is 0 Å². The topological polar surface area (TPSA) is 113 Å². The summed E-state index contributed by atoms with van der Waals surface area (Å²) in [6.45, 7) is 0.987. The third-order valence-electron chi connectivity index (χ3n) is 2.25. The smallest absolute Gasteiger partial charge is 0.394 e. The average molecular weight is 230 g/mol. The number of aliphatic hydroxyl groups excluding tert-OH is 2. The van der Waals surface area contributed by atoms with E-state index in [1.807, 2.05) is 0 Å². The molecule has 8 heteroatoms. The molecular formula is C8H14N4O4. The van der Waals surface area contributed by atoms with Crippen LogP contribution >= 0.6 is 0 Å². The molecule has 0 aromatic carbocycles. The van der Waals surface area contributed by atoms with Crippen LogP contribution in [-0.2, 0) is 7.05 Å². The maximum Gasteiger partial charge on any atom is 0.406 e. The van der Waals surface area contributed by atoms with E-state index >= 15 is 0 Å². The van der Waals surface area contributed by atoms with Gasteiger partial charge < -0.3 is 25.6 Å². The summed E-state index contributed by atoms with van der Waals surface area (Å²) in [4.78, 5) is 13.9. The van der Waals surface area contributed by atoms with E-state index in [0.717, 1.165) is 0 Å². The van der Waals surface area contributed by atoms with Crippen molar-refractivity contribution in [1.29, 1.82) is 0 Å². The van der Waals surface area contributed by atoms with Crippen LogP contribution in [0.3, 0.4) is 0 Å². The molecule has 0 saturated heterocycles. The van der Waals surface area contributed by atoms with Gasteiger partial charge in [-0.05, 0) is 9.91 Å². The van der Waals surface area contributed by atoms with Gasteiger partial charge in [-0.1, -0.05) is 0 Å². The highest BCUT2D eigenvalue weighted by atomic mass is 16.6. The number of aromatic nitrogens is 2. The Morgan fingerprint density at radius 2 is 2.12 bits per heavy atom. The molecule has 1 aromatic heterocycles. The highest BCUT2D eigenvalue weighted by Gasteiger charge is 2.25. The van der Waals surface area contributed by atoms with Crippen LogP contribution in [0, 0.1) is 17.0 Å². The number of imidazole rings is 1. The van der Waals surface area contributed by atoms with Crippen LogP contribution in [0.4, 0.5) is 11.6 Å². The van der Waals surface area contributed by atoms with Crippen molar-refractivity contribution in [1.82, 2.24) is 9.55 Å². The lowest BCUT2D eigenvalue weighted by atomic mass is 10.3. The van der Waals surface area contributed by atoms with Crippen molar-refractivity contribution >= 4 is 11.6 Å². The zero-order chi connectivity index (χ0) is 12.3. The van der Waals surface area contributed by atoms with Crippen LogP contribution in [0.25, 0.3) is 0 Å². The van der Waals surface area contributed by atoms with Gasteiger partial charge in [-0.25, -0.2) is 0 Å². The van der Waals surface area contributed by atoms with E-state index in [2.05, 4.69) is 10.3 Å². The van der Waals surface area contributed by atoms with Crippen LogP contribution in [0.15, 0.2) is 0 Å². The molecule has 90 valence electrons. The van der Waals surface area contributed by atoms with Crippen LogP contribution in [0.2, 0.25) is 0 Å². The molecule has 0 bridgehead atoms. The number of anilines is 1. The average Bonchev–Trinajstić information content (AvgIpc) is 2.53. The molecule has 0 atom stereocenters. The van der Waals surface area contributed by atoms with Crippen molar-refractivity contribution in [3.8, 4) is 0 Å². The molecule has 0 unspecified atom stereocenters. The number of aryl methyl sites for hydroxylation is 1. The lowest BCUT2D eigenvalue weighted by Crippen LogP contribution is -2.29. The Morgan fingerprint density at radius 1 is 1.56 bits per heavy atom. The van der Waals surface area contributed by atoms with Crippen LogP contribution in [0.5, 0.6) is 0 Å². The van der Waals surface area contributed by atoms with Crippen molar-refractivity contribution in [3.63, 3.8) is 0 Å². The van der Waals surface area contributed by atoms with E-state index in [9.17, 15) is 10.1 Å². The summed E-state index contributed by atoms with van der Waals surface area (Å²) >= 11 is 0. The van der Waals surface area contributed by atoms with E-state index < -0.39 is 11.0 Å². The molecule has 1 aromatic rings. The van der Waals surface area contributed by atoms with Crippen molar-refractivity contribution in [2.45, 2.75) is 13.0 Å². The lowest BCUT2D eigenvalue weighted by molar-refractivity contribution is -0.388. The molecule has 1 heterocycles. The second kappa shape index (κ2) is 4.90. The zero-order valence-electron chi connectivity index (χ0n) is 9.04. The first-order valence-corrected chi connectivity index (χ1v) is 4.67. The Hall–Kier alpha value is -1.67. The van der Waals surface area contributed by atoms with E-state index in [-0.39, 0.29) is 24.8 Å². The van der Waals surface area contributed by atoms with Crippen molar-refractivity contribution in [2.24, 2.45) is 7.05 Å². The van der Waals surface area contributed by atoms with Gasteiger partial charge in [0.2, 0.25) is 11.6 Å². The molecule has 0 aliphatic heterocycles. The van der Waals surface area contributed by atoms with Gasteiger partial charge in [-0.15, -0.1) is 0 Å². The van der Waals surface area contributed by atoms with E-state index in [0.29, 0.717) is 5.82 Å². The lowest BCUT2D eigenvalue weighted by Gasteiger charge is -2.14. The van der Waals surface area contributed by atoms with Crippen molar-refractivity contribution in [3.05, 3.63) is 15.9 Å². The Balaban J connectivity index is 3.05. The largest absolute Gasteiger partial charge is 0.406 e. The fraction of sp³-hybridized carbons (Fsp3) is 0.625. The number of nitrogens with one attached hydrogen (secondary N) is 1. The van der Waals surface area contributed by atoms with Gasteiger partial charge in [0.25, 0.3) is 0 Å². The van der Waals surface area contributed by atoms with Gasteiger partial charge in [0.05, 0.1) is 19.3 Å². The Kier molecular flexibility index (Phi) is 3.80. The van der Waals surface area contributed by atoms with E-state index in [1.165, 1.54) is 4.57 Å². The molecule has 3 N–H and O–H groups in total. The molecule has 0 fully saturated rings. The van der Waals surface area contributed by atoms with Gasteiger partial charge in [-0.3, -0.25) is 4.57 Å². The Bertz CT molecular complexity index is 386. The third-order valence-corrected chi connectivity index (χ3v) is 2.25. The summed E-state index contributed by atoms with van der Waals surface area (Å²) in [7, 11) is 1.61. The SMILES string of the molecule is Cc1nc([N+](=O)[O-])c(NC(CO)CO)n1C. The monoisotopic (exact) mass is 230 g/mol. The maximum absolute atomic E-state index is 10.7.